The van der Waals surface area contributed by atoms with Gasteiger partial charge in [0.05, 0.1) is 16.7 Å². The molecule has 0 spiro atoms. The molecule has 5 rings (SSSR count). The van der Waals surface area contributed by atoms with E-state index in [1.807, 2.05) is 6.20 Å². The number of thiophene rings is 1. The molecule has 7 heteroatoms. The van der Waals surface area contributed by atoms with Crippen LogP contribution in [-0.2, 0) is 18.4 Å². The zero-order chi connectivity index (χ0) is 16.3. The molecule has 0 amide bonds. The van der Waals surface area contributed by atoms with Crippen LogP contribution in [0.15, 0.2) is 11.0 Å². The molecule has 1 aliphatic heterocycles. The van der Waals surface area contributed by atoms with Crippen molar-refractivity contribution in [2.75, 3.05) is 6.54 Å². The predicted molar refractivity (Wildman–Crippen MR) is 94.4 cm³/mol. The third kappa shape index (κ3) is 1.94. The highest BCUT2D eigenvalue weighted by Crippen LogP contribution is 2.41. The lowest BCUT2D eigenvalue weighted by atomic mass is 9.99. The predicted octanol–water partition coefficient (Wildman–Crippen LogP) is 2.46. The van der Waals surface area contributed by atoms with Gasteiger partial charge < -0.3 is 10.3 Å². The molecule has 1 atom stereocenters. The molecular weight excluding hydrogens is 322 g/mol. The summed E-state index contributed by atoms with van der Waals surface area (Å²) in [5.74, 6) is 0.773. The number of hydrogen-bond acceptors (Lipinski definition) is 5. The molecule has 3 aromatic heterocycles. The minimum atomic E-state index is -0.228. The SMILES string of the molecule is CC1(c2nc3c4c(sc3c(=O)[nH]2)-c2c[nH]nc2CCC4)CCCN1. The number of aryl methyl sites for hydroxylation is 2. The minimum absolute atomic E-state index is 0.0203. The van der Waals surface area contributed by atoms with Crippen molar-refractivity contribution in [3.8, 4) is 10.4 Å². The molecule has 4 heterocycles. The summed E-state index contributed by atoms with van der Waals surface area (Å²) in [7, 11) is 0. The summed E-state index contributed by atoms with van der Waals surface area (Å²) in [5.41, 5.74) is 4.08. The van der Waals surface area contributed by atoms with Crippen LogP contribution in [0.1, 0.15) is 43.3 Å². The van der Waals surface area contributed by atoms with E-state index >= 15 is 0 Å². The second-order valence-corrected chi connectivity index (χ2v) is 7.98. The highest BCUT2D eigenvalue weighted by molar-refractivity contribution is 7.22. The second kappa shape index (κ2) is 5.00. The maximum absolute atomic E-state index is 12.7. The molecule has 6 nitrogen and oxygen atoms in total. The Labute approximate surface area is 142 Å². The number of rotatable bonds is 1. The van der Waals surface area contributed by atoms with Crippen molar-refractivity contribution in [1.82, 2.24) is 25.5 Å². The summed E-state index contributed by atoms with van der Waals surface area (Å²) in [6.07, 6.45) is 7.01. The summed E-state index contributed by atoms with van der Waals surface area (Å²) in [6, 6.07) is 0. The molecule has 124 valence electrons. The Balaban J connectivity index is 1.78. The molecule has 1 unspecified atom stereocenters. The normalized spacial score (nSPS) is 23.2. The summed E-state index contributed by atoms with van der Waals surface area (Å²) >= 11 is 1.55. The third-order valence-electron chi connectivity index (χ3n) is 5.34. The van der Waals surface area contributed by atoms with Gasteiger partial charge in [0.1, 0.15) is 10.5 Å². The molecule has 3 aromatic rings. The fourth-order valence-corrected chi connectivity index (χ4v) is 5.20. The molecule has 0 radical (unpaired) electrons. The Morgan fingerprint density at radius 3 is 3.04 bits per heavy atom. The Kier molecular flexibility index (Phi) is 2.99. The molecule has 0 saturated carbocycles. The molecule has 1 aliphatic carbocycles. The first kappa shape index (κ1) is 14.4. The number of nitrogens with zero attached hydrogens (tertiary/aromatic N) is 2. The number of aromatic amines is 2. The van der Waals surface area contributed by atoms with E-state index in [-0.39, 0.29) is 11.1 Å². The number of hydrogen-bond donors (Lipinski definition) is 3. The first-order valence-corrected chi connectivity index (χ1v) is 9.31. The van der Waals surface area contributed by atoms with Crippen LogP contribution in [0.5, 0.6) is 0 Å². The van der Waals surface area contributed by atoms with E-state index in [0.29, 0.717) is 0 Å². The average Bonchev–Trinajstić information content (AvgIpc) is 3.26. The summed E-state index contributed by atoms with van der Waals surface area (Å²) in [5, 5.41) is 10.8. The van der Waals surface area contributed by atoms with Crippen molar-refractivity contribution in [2.24, 2.45) is 0 Å². The number of nitrogens with one attached hydrogen (secondary N) is 3. The van der Waals surface area contributed by atoms with Crippen LogP contribution in [-0.4, -0.2) is 26.7 Å². The van der Waals surface area contributed by atoms with Crippen LogP contribution >= 0.6 is 11.3 Å². The van der Waals surface area contributed by atoms with E-state index in [0.717, 1.165) is 70.8 Å². The van der Waals surface area contributed by atoms with Gasteiger partial charge in [0.2, 0.25) is 0 Å². The third-order valence-corrected chi connectivity index (χ3v) is 6.59. The zero-order valence-corrected chi connectivity index (χ0v) is 14.3. The molecule has 24 heavy (non-hydrogen) atoms. The molecule has 1 saturated heterocycles. The Bertz CT molecular complexity index is 992. The molecule has 0 aromatic carbocycles. The highest BCUT2D eigenvalue weighted by atomic mass is 32.1. The van der Waals surface area contributed by atoms with Gasteiger partial charge in [0.15, 0.2) is 0 Å². The van der Waals surface area contributed by atoms with Gasteiger partial charge in [-0.15, -0.1) is 11.3 Å². The maximum Gasteiger partial charge on any atom is 0.268 e. The van der Waals surface area contributed by atoms with Crippen LogP contribution in [0.25, 0.3) is 20.7 Å². The van der Waals surface area contributed by atoms with Gasteiger partial charge in [-0.2, -0.15) is 5.10 Å². The molecule has 1 fully saturated rings. The van der Waals surface area contributed by atoms with Crippen LogP contribution in [0, 0.1) is 0 Å². The summed E-state index contributed by atoms with van der Waals surface area (Å²) in [6.45, 7) is 3.10. The van der Waals surface area contributed by atoms with Gasteiger partial charge in [-0.1, -0.05) is 0 Å². The Morgan fingerprint density at radius 2 is 2.21 bits per heavy atom. The van der Waals surface area contributed by atoms with Gasteiger partial charge in [-0.25, -0.2) is 4.98 Å². The summed E-state index contributed by atoms with van der Waals surface area (Å²) < 4.78 is 0.736. The van der Waals surface area contributed by atoms with Crippen LogP contribution < -0.4 is 10.9 Å². The van der Waals surface area contributed by atoms with Gasteiger partial charge in [0, 0.05) is 16.6 Å². The highest BCUT2D eigenvalue weighted by Gasteiger charge is 2.34. The van der Waals surface area contributed by atoms with E-state index in [9.17, 15) is 4.79 Å². The lowest BCUT2D eigenvalue weighted by Gasteiger charge is -2.22. The quantitative estimate of drug-likeness (QED) is 0.634. The van der Waals surface area contributed by atoms with Crippen molar-refractivity contribution >= 4 is 21.6 Å². The Hall–Kier alpha value is -1.99. The van der Waals surface area contributed by atoms with Crippen LogP contribution in [0.3, 0.4) is 0 Å². The smallest absolute Gasteiger partial charge is 0.268 e. The number of fused-ring (bicyclic) bond motifs is 5. The van der Waals surface area contributed by atoms with Crippen molar-refractivity contribution in [3.05, 3.63) is 33.6 Å². The largest absolute Gasteiger partial charge is 0.308 e. The fourth-order valence-electron chi connectivity index (χ4n) is 3.98. The number of H-pyrrole nitrogens is 2. The van der Waals surface area contributed by atoms with E-state index in [4.69, 9.17) is 4.98 Å². The number of aromatic nitrogens is 4. The lowest BCUT2D eigenvalue weighted by molar-refractivity contribution is 0.407. The standard InChI is InChI=1S/C17H19N5OS/c1-17(6-3-7-18-17)16-20-12-9-4-2-5-11-10(8-19-22-11)13(9)24-14(12)15(23)21-16/h8,18H,2-7H2,1H3,(H,19,22)(H,20,21,23). The topological polar surface area (TPSA) is 86.5 Å². The van der Waals surface area contributed by atoms with Crippen molar-refractivity contribution < 1.29 is 0 Å². The average molecular weight is 341 g/mol. The first-order chi connectivity index (χ1) is 11.7. The Morgan fingerprint density at radius 1 is 1.29 bits per heavy atom. The van der Waals surface area contributed by atoms with Gasteiger partial charge in [0.25, 0.3) is 5.56 Å². The molecular formula is C17H19N5OS. The first-order valence-electron chi connectivity index (χ1n) is 8.50. The monoisotopic (exact) mass is 341 g/mol. The van der Waals surface area contributed by atoms with E-state index in [2.05, 4.69) is 27.4 Å². The molecule has 0 bridgehead atoms. The van der Waals surface area contributed by atoms with Gasteiger partial charge in [-0.05, 0) is 51.1 Å². The second-order valence-electron chi connectivity index (χ2n) is 6.96. The lowest BCUT2D eigenvalue weighted by Crippen LogP contribution is -2.36. The molecule has 2 aliphatic rings. The zero-order valence-electron chi connectivity index (χ0n) is 13.5. The molecule has 3 N–H and O–H groups in total. The van der Waals surface area contributed by atoms with E-state index in [1.165, 1.54) is 5.56 Å². The van der Waals surface area contributed by atoms with Gasteiger partial charge >= 0.3 is 0 Å². The van der Waals surface area contributed by atoms with Crippen molar-refractivity contribution in [1.29, 1.82) is 0 Å². The van der Waals surface area contributed by atoms with E-state index < -0.39 is 0 Å². The van der Waals surface area contributed by atoms with Crippen LogP contribution in [0.4, 0.5) is 0 Å². The van der Waals surface area contributed by atoms with Crippen LogP contribution in [0.2, 0.25) is 0 Å². The minimum Gasteiger partial charge on any atom is -0.308 e. The summed E-state index contributed by atoms with van der Waals surface area (Å²) in [4.78, 5) is 21.8. The van der Waals surface area contributed by atoms with E-state index in [1.54, 1.807) is 11.3 Å². The van der Waals surface area contributed by atoms with Crippen molar-refractivity contribution in [2.45, 2.75) is 44.6 Å². The fraction of sp³-hybridized carbons (Fsp3) is 0.471. The van der Waals surface area contributed by atoms with Gasteiger partial charge in [-0.3, -0.25) is 9.89 Å². The van der Waals surface area contributed by atoms with Crippen molar-refractivity contribution in [3.63, 3.8) is 0 Å². The maximum atomic E-state index is 12.7.